The number of carbonyl (C=O) groups is 2. The number of rotatable bonds is 6. The fraction of sp³-hybridized carbons (Fsp3) is 0.200. The van der Waals surface area contributed by atoms with Crippen LogP contribution in [-0.4, -0.2) is 31.9 Å². The summed E-state index contributed by atoms with van der Waals surface area (Å²) in [5, 5.41) is 8.63. The summed E-state index contributed by atoms with van der Waals surface area (Å²) in [5.74, 6) is -5.83. The Bertz CT molecular complexity index is 660. The lowest BCUT2D eigenvalue weighted by atomic mass is 10.2. The van der Waals surface area contributed by atoms with Gasteiger partial charge in [0.1, 0.15) is 16.3 Å². The number of nitrogens with two attached hydrogens (primary N) is 1. The van der Waals surface area contributed by atoms with Gasteiger partial charge in [0.2, 0.25) is 15.9 Å². The largest absolute Gasteiger partial charge is 0.477 e. The molecular formula is C10H10F2N2O5S. The molecule has 0 fully saturated rings. The van der Waals surface area contributed by atoms with Gasteiger partial charge >= 0.3 is 5.97 Å². The maximum atomic E-state index is 13.7. The van der Waals surface area contributed by atoms with Crippen LogP contribution in [0.3, 0.4) is 0 Å². The quantitative estimate of drug-likeness (QED) is 0.671. The lowest BCUT2D eigenvalue weighted by molar-refractivity contribution is -0.117. The van der Waals surface area contributed by atoms with Crippen molar-refractivity contribution in [3.63, 3.8) is 0 Å². The maximum absolute atomic E-state index is 13.7. The number of halogens is 2. The second kappa shape index (κ2) is 5.92. The van der Waals surface area contributed by atoms with Crippen molar-refractivity contribution in [3.05, 3.63) is 29.3 Å². The van der Waals surface area contributed by atoms with Crippen molar-refractivity contribution in [1.82, 2.24) is 4.72 Å². The Labute approximate surface area is 112 Å². The molecule has 0 radical (unpaired) electrons. The van der Waals surface area contributed by atoms with Crippen molar-refractivity contribution in [1.29, 1.82) is 0 Å². The van der Waals surface area contributed by atoms with Crippen LogP contribution in [0.2, 0.25) is 0 Å². The van der Waals surface area contributed by atoms with E-state index in [9.17, 15) is 26.8 Å². The van der Waals surface area contributed by atoms with E-state index < -0.39 is 50.5 Å². The van der Waals surface area contributed by atoms with Gasteiger partial charge in [-0.1, -0.05) is 0 Å². The van der Waals surface area contributed by atoms with Crippen LogP contribution >= 0.6 is 0 Å². The van der Waals surface area contributed by atoms with Gasteiger partial charge in [-0.15, -0.1) is 0 Å². The standard InChI is InChI=1S/C10H10F2N2O5S/c11-5-1-2-6(9(12)8(5)10(16)17)20(18,19)14-4-3-7(13)15/h1-2,14H,3-4H2,(H2,13,15)(H,16,17). The van der Waals surface area contributed by atoms with Gasteiger partial charge in [0.15, 0.2) is 5.82 Å². The number of benzene rings is 1. The molecule has 1 amide bonds. The molecule has 10 heteroatoms. The third-order valence-corrected chi connectivity index (χ3v) is 3.70. The highest BCUT2D eigenvalue weighted by Crippen LogP contribution is 2.20. The summed E-state index contributed by atoms with van der Waals surface area (Å²) < 4.78 is 52.1. The van der Waals surface area contributed by atoms with Gasteiger partial charge in [0.05, 0.1) is 0 Å². The summed E-state index contributed by atoms with van der Waals surface area (Å²) in [6.45, 7) is -0.392. The van der Waals surface area contributed by atoms with Crippen LogP contribution in [0.4, 0.5) is 8.78 Å². The van der Waals surface area contributed by atoms with E-state index in [-0.39, 0.29) is 6.42 Å². The van der Waals surface area contributed by atoms with Crippen LogP contribution in [0.25, 0.3) is 0 Å². The minimum atomic E-state index is -4.42. The van der Waals surface area contributed by atoms with Crippen LogP contribution < -0.4 is 10.5 Å². The number of carboxylic acid groups (broad SMARTS) is 1. The number of hydrogen-bond acceptors (Lipinski definition) is 4. The Kier molecular flexibility index (Phi) is 4.73. The molecular weight excluding hydrogens is 298 g/mol. The predicted octanol–water partition coefficient (Wildman–Crippen LogP) is -0.183. The van der Waals surface area contributed by atoms with Crippen molar-refractivity contribution >= 4 is 21.9 Å². The number of aromatic carboxylic acids is 1. The monoisotopic (exact) mass is 308 g/mol. The number of nitrogens with one attached hydrogen (secondary N) is 1. The van der Waals surface area contributed by atoms with E-state index in [1.54, 1.807) is 0 Å². The molecule has 1 aromatic rings. The zero-order valence-corrected chi connectivity index (χ0v) is 10.7. The van der Waals surface area contributed by atoms with Gasteiger partial charge < -0.3 is 10.8 Å². The molecule has 0 aliphatic carbocycles. The Hall–Kier alpha value is -2.07. The Morgan fingerprint density at radius 3 is 2.40 bits per heavy atom. The minimum absolute atomic E-state index is 0.326. The SMILES string of the molecule is NC(=O)CCNS(=O)(=O)c1ccc(F)c(C(=O)O)c1F. The van der Waals surface area contributed by atoms with E-state index in [0.29, 0.717) is 12.1 Å². The van der Waals surface area contributed by atoms with E-state index in [1.807, 2.05) is 4.72 Å². The van der Waals surface area contributed by atoms with Crippen molar-refractivity contribution in [2.24, 2.45) is 5.73 Å². The van der Waals surface area contributed by atoms with Crippen molar-refractivity contribution in [3.8, 4) is 0 Å². The zero-order chi connectivity index (χ0) is 15.5. The van der Waals surface area contributed by atoms with Gasteiger partial charge in [0.25, 0.3) is 0 Å². The number of amides is 1. The second-order valence-electron chi connectivity index (χ2n) is 3.65. The first-order valence-electron chi connectivity index (χ1n) is 5.16. The summed E-state index contributed by atoms with van der Waals surface area (Å²) in [4.78, 5) is 20.1. The summed E-state index contributed by atoms with van der Waals surface area (Å²) in [7, 11) is -4.42. The summed E-state index contributed by atoms with van der Waals surface area (Å²) >= 11 is 0. The van der Waals surface area contributed by atoms with Crippen LogP contribution in [0.5, 0.6) is 0 Å². The van der Waals surface area contributed by atoms with Gasteiger partial charge in [-0.05, 0) is 12.1 Å². The number of carbonyl (C=O) groups excluding carboxylic acids is 1. The molecule has 0 atom stereocenters. The van der Waals surface area contributed by atoms with Gasteiger partial charge in [-0.25, -0.2) is 26.7 Å². The van der Waals surface area contributed by atoms with Gasteiger partial charge in [0, 0.05) is 13.0 Å². The van der Waals surface area contributed by atoms with Gasteiger partial charge in [-0.2, -0.15) is 0 Å². The molecule has 4 N–H and O–H groups in total. The minimum Gasteiger partial charge on any atom is -0.477 e. The second-order valence-corrected chi connectivity index (χ2v) is 5.39. The Balaban J connectivity index is 3.16. The van der Waals surface area contributed by atoms with Gasteiger partial charge in [-0.3, -0.25) is 4.79 Å². The first-order valence-corrected chi connectivity index (χ1v) is 6.64. The maximum Gasteiger partial charge on any atom is 0.341 e. The molecule has 1 aromatic carbocycles. The highest BCUT2D eigenvalue weighted by atomic mass is 32.2. The number of carboxylic acids is 1. The lowest BCUT2D eigenvalue weighted by Gasteiger charge is -2.08. The van der Waals surface area contributed by atoms with Crippen molar-refractivity contribution < 1.29 is 31.9 Å². The van der Waals surface area contributed by atoms with Crippen LogP contribution in [0.1, 0.15) is 16.8 Å². The zero-order valence-electron chi connectivity index (χ0n) is 9.89. The van der Waals surface area contributed by atoms with Crippen LogP contribution in [-0.2, 0) is 14.8 Å². The van der Waals surface area contributed by atoms with E-state index in [0.717, 1.165) is 0 Å². The molecule has 20 heavy (non-hydrogen) atoms. The molecule has 0 unspecified atom stereocenters. The fourth-order valence-corrected chi connectivity index (χ4v) is 2.43. The predicted molar refractivity (Wildman–Crippen MR) is 62.3 cm³/mol. The molecule has 0 heterocycles. The number of hydrogen-bond donors (Lipinski definition) is 3. The molecule has 1 rings (SSSR count). The van der Waals surface area contributed by atoms with E-state index in [4.69, 9.17) is 10.8 Å². The normalized spacial score (nSPS) is 11.3. The molecule has 7 nitrogen and oxygen atoms in total. The molecule has 0 saturated carbocycles. The topological polar surface area (TPSA) is 127 Å². The smallest absolute Gasteiger partial charge is 0.341 e. The third-order valence-electron chi connectivity index (χ3n) is 2.22. The Morgan fingerprint density at radius 1 is 1.30 bits per heavy atom. The van der Waals surface area contributed by atoms with E-state index >= 15 is 0 Å². The summed E-state index contributed by atoms with van der Waals surface area (Å²) in [5.41, 5.74) is 3.43. The number of sulfonamides is 1. The summed E-state index contributed by atoms with van der Waals surface area (Å²) in [6, 6.07) is 1.11. The molecule has 0 aromatic heterocycles. The molecule has 110 valence electrons. The highest BCUT2D eigenvalue weighted by Gasteiger charge is 2.26. The van der Waals surface area contributed by atoms with E-state index in [2.05, 4.69) is 0 Å². The average Bonchev–Trinajstić information content (AvgIpc) is 2.26. The molecule has 0 aliphatic rings. The fourth-order valence-electron chi connectivity index (χ4n) is 1.32. The summed E-state index contributed by atoms with van der Waals surface area (Å²) in [6.07, 6.45) is -0.326. The molecule has 0 aliphatic heterocycles. The highest BCUT2D eigenvalue weighted by molar-refractivity contribution is 7.89. The lowest BCUT2D eigenvalue weighted by Crippen LogP contribution is -2.29. The molecule has 0 bridgehead atoms. The van der Waals surface area contributed by atoms with Crippen molar-refractivity contribution in [2.45, 2.75) is 11.3 Å². The third kappa shape index (κ3) is 3.48. The van der Waals surface area contributed by atoms with E-state index in [1.165, 1.54) is 0 Å². The molecule has 0 spiro atoms. The van der Waals surface area contributed by atoms with Crippen LogP contribution in [0.15, 0.2) is 17.0 Å². The van der Waals surface area contributed by atoms with Crippen molar-refractivity contribution in [2.75, 3.05) is 6.54 Å². The first-order chi connectivity index (χ1) is 9.16. The number of primary amides is 1. The first kappa shape index (κ1) is 16.0. The molecule has 0 saturated heterocycles. The van der Waals surface area contributed by atoms with Crippen LogP contribution in [0, 0.1) is 11.6 Å². The average molecular weight is 308 g/mol. The Morgan fingerprint density at radius 2 is 1.90 bits per heavy atom.